The van der Waals surface area contributed by atoms with Gasteiger partial charge in [0.05, 0.1) is 10.5 Å². The molecule has 38 heavy (non-hydrogen) atoms. The van der Waals surface area contributed by atoms with E-state index in [4.69, 9.17) is 4.74 Å². The summed E-state index contributed by atoms with van der Waals surface area (Å²) >= 11 is 0. The van der Waals surface area contributed by atoms with Crippen LogP contribution in [0.5, 0.6) is 0 Å². The average molecular weight is 562 g/mol. The number of carbonyl (C=O) groups is 2. The first-order chi connectivity index (χ1) is 17.5. The molecule has 8 nitrogen and oxygen atoms in total. The highest BCUT2D eigenvalue weighted by Crippen LogP contribution is 2.41. The number of alkyl carbamates (subject to hydrolysis) is 1. The van der Waals surface area contributed by atoms with Crippen LogP contribution in [0.3, 0.4) is 0 Å². The Labute approximate surface area is 222 Å². The zero-order valence-corrected chi connectivity index (χ0v) is 23.3. The molecule has 0 bridgehead atoms. The van der Waals surface area contributed by atoms with Crippen molar-refractivity contribution < 1.29 is 35.9 Å². The number of alkyl halides is 3. The average Bonchev–Trinajstić information content (AvgIpc) is 3.39. The highest BCUT2D eigenvalue weighted by molar-refractivity contribution is 7.89. The Morgan fingerprint density at radius 3 is 2.45 bits per heavy atom. The number of benzene rings is 1. The van der Waals surface area contributed by atoms with Crippen molar-refractivity contribution in [2.75, 3.05) is 20.1 Å². The molecule has 2 amide bonds. The number of hydrogen-bond acceptors (Lipinski definition) is 5. The van der Waals surface area contributed by atoms with Gasteiger partial charge in [0.15, 0.2) is 0 Å². The van der Waals surface area contributed by atoms with Crippen LogP contribution in [0, 0.1) is 23.7 Å². The SMILES string of the molecule is CNC(=O)OC(C)(C)C[C@H](CC(C)C)C(=O)N[C@H]1CC[C@@H]2CN(S(=O)(=O)c3cccc(C(F)(F)F)c3)C[C@@H]21. The molecule has 0 spiro atoms. The number of halogens is 3. The maximum Gasteiger partial charge on any atom is 0.416 e. The first-order valence-corrected chi connectivity index (χ1v) is 14.4. The second kappa shape index (κ2) is 11.4. The lowest BCUT2D eigenvalue weighted by Gasteiger charge is -2.31. The van der Waals surface area contributed by atoms with Crippen molar-refractivity contribution in [1.29, 1.82) is 0 Å². The minimum atomic E-state index is -4.64. The Hall–Kier alpha value is -2.34. The Balaban J connectivity index is 1.71. The van der Waals surface area contributed by atoms with Crippen molar-refractivity contribution in [3.63, 3.8) is 0 Å². The third-order valence-corrected chi connectivity index (χ3v) is 9.22. The van der Waals surface area contributed by atoms with Crippen molar-refractivity contribution >= 4 is 22.0 Å². The van der Waals surface area contributed by atoms with Crippen LogP contribution in [-0.4, -0.2) is 56.5 Å². The van der Waals surface area contributed by atoms with E-state index in [9.17, 15) is 31.2 Å². The van der Waals surface area contributed by atoms with Crippen LogP contribution < -0.4 is 10.6 Å². The molecule has 1 saturated carbocycles. The molecule has 2 fully saturated rings. The summed E-state index contributed by atoms with van der Waals surface area (Å²) in [4.78, 5) is 24.7. The number of fused-ring (bicyclic) bond motifs is 1. The molecule has 3 rings (SSSR count). The number of carbonyl (C=O) groups excluding carboxylic acids is 2. The van der Waals surface area contributed by atoms with E-state index in [2.05, 4.69) is 10.6 Å². The zero-order chi connectivity index (χ0) is 28.5. The molecule has 1 aliphatic carbocycles. The molecule has 12 heteroatoms. The molecule has 0 unspecified atom stereocenters. The monoisotopic (exact) mass is 561 g/mol. The van der Waals surface area contributed by atoms with Gasteiger partial charge in [0.1, 0.15) is 5.60 Å². The van der Waals surface area contributed by atoms with Gasteiger partial charge >= 0.3 is 12.3 Å². The van der Waals surface area contributed by atoms with Crippen molar-refractivity contribution in [2.24, 2.45) is 23.7 Å². The molecule has 1 saturated heterocycles. The van der Waals surface area contributed by atoms with Gasteiger partial charge in [-0.25, -0.2) is 13.2 Å². The van der Waals surface area contributed by atoms with Crippen molar-refractivity contribution in [1.82, 2.24) is 14.9 Å². The molecule has 1 aliphatic heterocycles. The summed E-state index contributed by atoms with van der Waals surface area (Å²) in [6.45, 7) is 7.86. The molecule has 214 valence electrons. The highest BCUT2D eigenvalue weighted by atomic mass is 32.2. The van der Waals surface area contributed by atoms with Crippen LogP contribution >= 0.6 is 0 Å². The summed E-state index contributed by atoms with van der Waals surface area (Å²) in [6, 6.07) is 3.54. The topological polar surface area (TPSA) is 105 Å². The minimum absolute atomic E-state index is 0.0115. The fourth-order valence-electron chi connectivity index (χ4n) is 5.67. The summed E-state index contributed by atoms with van der Waals surface area (Å²) in [6.07, 6.45) is -2.90. The maximum absolute atomic E-state index is 13.4. The van der Waals surface area contributed by atoms with Gasteiger partial charge in [-0.2, -0.15) is 17.5 Å². The van der Waals surface area contributed by atoms with Crippen LogP contribution in [-0.2, 0) is 25.7 Å². The van der Waals surface area contributed by atoms with Crippen molar-refractivity contribution in [3.8, 4) is 0 Å². The number of amides is 2. The number of rotatable bonds is 9. The number of nitrogens with zero attached hydrogens (tertiary/aromatic N) is 1. The van der Waals surface area contributed by atoms with Crippen LogP contribution in [0.2, 0.25) is 0 Å². The third-order valence-electron chi connectivity index (χ3n) is 7.39. The van der Waals surface area contributed by atoms with Gasteiger partial charge in [-0.1, -0.05) is 19.9 Å². The smallest absolute Gasteiger partial charge is 0.416 e. The number of ether oxygens (including phenoxy) is 1. The van der Waals surface area contributed by atoms with Gasteiger partial charge in [-0.3, -0.25) is 4.79 Å². The Kier molecular flexibility index (Phi) is 9.07. The zero-order valence-electron chi connectivity index (χ0n) is 22.5. The Morgan fingerprint density at radius 2 is 1.84 bits per heavy atom. The van der Waals surface area contributed by atoms with E-state index in [0.717, 1.165) is 12.1 Å². The Morgan fingerprint density at radius 1 is 1.16 bits per heavy atom. The molecule has 4 atom stereocenters. The molecule has 1 heterocycles. The van der Waals surface area contributed by atoms with Gasteiger partial charge < -0.3 is 15.4 Å². The summed E-state index contributed by atoms with van der Waals surface area (Å²) in [7, 11) is -2.66. The summed E-state index contributed by atoms with van der Waals surface area (Å²) < 4.78 is 72.5. The largest absolute Gasteiger partial charge is 0.444 e. The van der Waals surface area contributed by atoms with E-state index in [-0.39, 0.29) is 47.7 Å². The van der Waals surface area contributed by atoms with E-state index in [1.165, 1.54) is 17.4 Å². The molecule has 0 aromatic heterocycles. The third kappa shape index (κ3) is 7.19. The van der Waals surface area contributed by atoms with Crippen LogP contribution in [0.25, 0.3) is 0 Å². The van der Waals surface area contributed by atoms with Crippen LogP contribution in [0.15, 0.2) is 29.2 Å². The van der Waals surface area contributed by atoms with Crippen LogP contribution in [0.4, 0.5) is 18.0 Å². The lowest BCUT2D eigenvalue weighted by molar-refractivity contribution is -0.137. The van der Waals surface area contributed by atoms with E-state index in [0.29, 0.717) is 31.7 Å². The first-order valence-electron chi connectivity index (χ1n) is 12.9. The van der Waals surface area contributed by atoms with Crippen molar-refractivity contribution in [2.45, 2.75) is 76.1 Å². The van der Waals surface area contributed by atoms with E-state index in [1.807, 2.05) is 13.8 Å². The van der Waals surface area contributed by atoms with E-state index in [1.54, 1.807) is 13.8 Å². The second-order valence-electron chi connectivity index (χ2n) is 11.4. The molecular formula is C26H38F3N3O5S. The predicted molar refractivity (Wildman–Crippen MR) is 136 cm³/mol. The van der Waals surface area contributed by atoms with Gasteiger partial charge in [-0.05, 0) is 75.5 Å². The standard InChI is InChI=1S/C26H38F3N3O5S/c1-16(2)11-18(13-25(3,4)37-24(34)30-5)23(33)31-22-10-9-17-14-32(15-21(17)22)38(35,36)20-8-6-7-19(12-20)26(27,28)29/h6-8,12,16-18,21-22H,9-11,13-15H2,1-5H3,(H,30,34)(H,31,33)/t17-,18+,21+,22+/m1/s1. The maximum atomic E-state index is 13.4. The van der Waals surface area contributed by atoms with Gasteiger partial charge in [0.2, 0.25) is 15.9 Å². The van der Waals surface area contributed by atoms with E-state index >= 15 is 0 Å². The lowest BCUT2D eigenvalue weighted by Crippen LogP contribution is -2.45. The van der Waals surface area contributed by atoms with Crippen molar-refractivity contribution in [3.05, 3.63) is 29.8 Å². The quantitative estimate of drug-likeness (QED) is 0.465. The predicted octanol–water partition coefficient (Wildman–Crippen LogP) is 4.41. The number of sulfonamides is 1. The normalized spacial score (nSPS) is 23.2. The minimum Gasteiger partial charge on any atom is -0.444 e. The second-order valence-corrected chi connectivity index (χ2v) is 13.3. The molecular weight excluding hydrogens is 523 g/mol. The summed E-state index contributed by atoms with van der Waals surface area (Å²) in [5, 5.41) is 5.54. The fourth-order valence-corrected chi connectivity index (χ4v) is 7.25. The van der Waals surface area contributed by atoms with Gasteiger partial charge in [0, 0.05) is 32.1 Å². The molecule has 0 radical (unpaired) electrons. The molecule has 1 aromatic rings. The van der Waals surface area contributed by atoms with Gasteiger partial charge in [0.25, 0.3) is 0 Å². The fraction of sp³-hybridized carbons (Fsp3) is 0.692. The lowest BCUT2D eigenvalue weighted by atomic mass is 9.86. The molecule has 1 aromatic carbocycles. The highest BCUT2D eigenvalue weighted by Gasteiger charge is 2.47. The first kappa shape index (κ1) is 30.2. The van der Waals surface area contributed by atoms with Gasteiger partial charge in [-0.15, -0.1) is 0 Å². The summed E-state index contributed by atoms with van der Waals surface area (Å²) in [5.41, 5.74) is -1.89. The van der Waals surface area contributed by atoms with Crippen LogP contribution in [0.1, 0.15) is 58.9 Å². The number of hydrogen-bond donors (Lipinski definition) is 2. The summed E-state index contributed by atoms with van der Waals surface area (Å²) in [5.74, 6) is -0.485. The molecule has 2 N–H and O–H groups in total. The number of nitrogens with one attached hydrogen (secondary N) is 2. The Bertz CT molecular complexity index is 1120. The molecule has 2 aliphatic rings. The van der Waals surface area contributed by atoms with E-state index < -0.39 is 39.4 Å².